The second-order valence-corrected chi connectivity index (χ2v) is 5.29. The van der Waals surface area contributed by atoms with Crippen molar-refractivity contribution in [3.8, 4) is 0 Å². The van der Waals surface area contributed by atoms with E-state index in [0.29, 0.717) is 11.1 Å². The molecule has 0 saturated carbocycles. The Morgan fingerprint density at radius 3 is 2.33 bits per heavy atom. The van der Waals surface area contributed by atoms with Gasteiger partial charge in [-0.25, -0.2) is 0 Å². The van der Waals surface area contributed by atoms with E-state index in [4.69, 9.17) is 5.73 Å². The summed E-state index contributed by atoms with van der Waals surface area (Å²) in [4.78, 5) is 33.4. The van der Waals surface area contributed by atoms with Gasteiger partial charge >= 0.3 is 11.9 Å². The van der Waals surface area contributed by atoms with Crippen LogP contribution in [-0.2, 0) is 19.9 Å². The van der Waals surface area contributed by atoms with Crippen LogP contribution in [0.4, 0.5) is 5.69 Å². The normalized spacial score (nSPS) is 12.9. The molecule has 0 aliphatic heterocycles. The standard InChI is InChI=1S/C17H16N2O5/c1-12(20)24-16(21)11-17(18,13-6-3-2-4-7-13)14-8-5-9-15(10-14)19(22)23/h2-10H,11,18H2,1H3/t17-/m0/s1. The lowest BCUT2D eigenvalue weighted by molar-refractivity contribution is -0.385. The minimum atomic E-state index is -1.36. The fraction of sp³-hybridized carbons (Fsp3) is 0.176. The number of benzene rings is 2. The van der Waals surface area contributed by atoms with Crippen molar-refractivity contribution in [2.45, 2.75) is 18.9 Å². The number of ether oxygens (including phenoxy) is 1. The van der Waals surface area contributed by atoms with Gasteiger partial charge < -0.3 is 10.5 Å². The Kier molecular flexibility index (Phi) is 5.05. The molecule has 0 bridgehead atoms. The lowest BCUT2D eigenvalue weighted by Crippen LogP contribution is -2.41. The van der Waals surface area contributed by atoms with Gasteiger partial charge in [0.15, 0.2) is 0 Å². The first-order valence-electron chi connectivity index (χ1n) is 7.13. The van der Waals surface area contributed by atoms with Gasteiger partial charge in [0.05, 0.1) is 16.9 Å². The van der Waals surface area contributed by atoms with Crippen LogP contribution in [0.15, 0.2) is 54.6 Å². The van der Waals surface area contributed by atoms with E-state index < -0.39 is 22.4 Å². The maximum absolute atomic E-state index is 12.0. The van der Waals surface area contributed by atoms with E-state index >= 15 is 0 Å². The Balaban J connectivity index is 2.51. The van der Waals surface area contributed by atoms with Gasteiger partial charge in [0, 0.05) is 19.1 Å². The quantitative estimate of drug-likeness (QED) is 0.390. The molecular formula is C17H16N2O5. The third kappa shape index (κ3) is 3.82. The van der Waals surface area contributed by atoms with Crippen LogP contribution in [0.1, 0.15) is 24.5 Å². The molecule has 7 nitrogen and oxygen atoms in total. The third-order valence-corrected chi connectivity index (χ3v) is 3.54. The molecule has 0 spiro atoms. The maximum atomic E-state index is 12.0. The first-order valence-corrected chi connectivity index (χ1v) is 7.13. The molecule has 0 aliphatic rings. The van der Waals surface area contributed by atoms with Crippen molar-refractivity contribution < 1.29 is 19.2 Å². The molecule has 2 N–H and O–H groups in total. The summed E-state index contributed by atoms with van der Waals surface area (Å²) in [5, 5.41) is 11.0. The van der Waals surface area contributed by atoms with Gasteiger partial charge in [0.2, 0.25) is 0 Å². The molecule has 1 atom stereocenters. The summed E-state index contributed by atoms with van der Waals surface area (Å²) < 4.78 is 4.57. The zero-order valence-electron chi connectivity index (χ0n) is 13.0. The van der Waals surface area contributed by atoms with E-state index in [9.17, 15) is 19.7 Å². The largest absolute Gasteiger partial charge is 0.393 e. The van der Waals surface area contributed by atoms with Crippen LogP contribution in [0.2, 0.25) is 0 Å². The Morgan fingerprint density at radius 1 is 1.12 bits per heavy atom. The molecule has 2 rings (SSSR count). The molecule has 0 aliphatic carbocycles. The molecule has 7 heteroatoms. The summed E-state index contributed by atoms with van der Waals surface area (Å²) in [5.41, 5.74) is 5.90. The maximum Gasteiger partial charge on any atom is 0.316 e. The van der Waals surface area contributed by atoms with Crippen molar-refractivity contribution in [2.75, 3.05) is 0 Å². The van der Waals surface area contributed by atoms with Gasteiger partial charge in [-0.2, -0.15) is 0 Å². The van der Waals surface area contributed by atoms with Gasteiger partial charge in [-0.1, -0.05) is 42.5 Å². The fourth-order valence-electron chi connectivity index (χ4n) is 2.43. The Morgan fingerprint density at radius 2 is 1.75 bits per heavy atom. The van der Waals surface area contributed by atoms with Gasteiger partial charge in [0.1, 0.15) is 0 Å². The smallest absolute Gasteiger partial charge is 0.316 e. The molecule has 0 aromatic heterocycles. The number of non-ortho nitro benzene ring substituents is 1. The van der Waals surface area contributed by atoms with Crippen molar-refractivity contribution >= 4 is 17.6 Å². The van der Waals surface area contributed by atoms with Crippen LogP contribution in [0, 0.1) is 10.1 Å². The zero-order valence-corrected chi connectivity index (χ0v) is 13.0. The van der Waals surface area contributed by atoms with Gasteiger partial charge in [-0.15, -0.1) is 0 Å². The van der Waals surface area contributed by atoms with Gasteiger partial charge in [-0.05, 0) is 11.1 Å². The van der Waals surface area contributed by atoms with E-state index in [1.807, 2.05) is 0 Å². The van der Waals surface area contributed by atoms with Crippen molar-refractivity contribution in [1.29, 1.82) is 0 Å². The second kappa shape index (κ2) is 7.01. The van der Waals surface area contributed by atoms with Crippen molar-refractivity contribution in [3.05, 3.63) is 75.8 Å². The van der Waals surface area contributed by atoms with Crippen molar-refractivity contribution in [2.24, 2.45) is 5.73 Å². The predicted molar refractivity (Wildman–Crippen MR) is 85.9 cm³/mol. The van der Waals surface area contributed by atoms with Crippen molar-refractivity contribution in [3.63, 3.8) is 0 Å². The van der Waals surface area contributed by atoms with Crippen LogP contribution in [0.5, 0.6) is 0 Å². The number of nitrogens with two attached hydrogens (primary N) is 1. The topological polar surface area (TPSA) is 113 Å². The van der Waals surface area contributed by atoms with Gasteiger partial charge in [0.25, 0.3) is 5.69 Å². The van der Waals surface area contributed by atoms with E-state index in [2.05, 4.69) is 4.74 Å². The lowest BCUT2D eigenvalue weighted by Gasteiger charge is -2.29. The Bertz CT molecular complexity index is 776. The number of esters is 2. The molecule has 24 heavy (non-hydrogen) atoms. The summed E-state index contributed by atoms with van der Waals surface area (Å²) in [6.45, 7) is 1.12. The molecule has 0 radical (unpaired) electrons. The molecule has 2 aromatic rings. The lowest BCUT2D eigenvalue weighted by atomic mass is 9.81. The SMILES string of the molecule is CC(=O)OC(=O)C[C@](N)(c1ccccc1)c1cccc([N+](=O)[O-])c1. The number of rotatable bonds is 5. The molecule has 124 valence electrons. The monoisotopic (exact) mass is 328 g/mol. The summed E-state index contributed by atoms with van der Waals surface area (Å²) >= 11 is 0. The first kappa shape index (κ1) is 17.3. The van der Waals surface area contributed by atoms with Crippen LogP contribution < -0.4 is 5.73 Å². The molecule has 0 unspecified atom stereocenters. The minimum Gasteiger partial charge on any atom is -0.393 e. The highest BCUT2D eigenvalue weighted by molar-refractivity contribution is 5.85. The number of nitro groups is 1. The zero-order chi connectivity index (χ0) is 17.7. The van der Waals surface area contributed by atoms with Crippen LogP contribution in [-0.4, -0.2) is 16.9 Å². The number of carbonyl (C=O) groups is 2. The van der Waals surface area contributed by atoms with Crippen molar-refractivity contribution in [1.82, 2.24) is 0 Å². The van der Waals surface area contributed by atoms with E-state index in [1.54, 1.807) is 36.4 Å². The molecule has 2 aromatic carbocycles. The molecule has 0 fully saturated rings. The van der Waals surface area contributed by atoms with E-state index in [0.717, 1.165) is 6.92 Å². The highest BCUT2D eigenvalue weighted by Crippen LogP contribution is 2.32. The highest BCUT2D eigenvalue weighted by Gasteiger charge is 2.34. The summed E-state index contributed by atoms with van der Waals surface area (Å²) in [6.07, 6.45) is -0.336. The number of hydrogen-bond donors (Lipinski definition) is 1. The Hall–Kier alpha value is -3.06. The second-order valence-electron chi connectivity index (χ2n) is 5.29. The van der Waals surface area contributed by atoms with Crippen LogP contribution in [0.3, 0.4) is 0 Å². The summed E-state index contributed by atoms with van der Waals surface area (Å²) in [5.74, 6) is -1.55. The predicted octanol–water partition coefficient (Wildman–Crippen LogP) is 2.28. The molecular weight excluding hydrogens is 312 g/mol. The first-order chi connectivity index (χ1) is 11.3. The average Bonchev–Trinajstić information content (AvgIpc) is 2.54. The molecule has 0 heterocycles. The van der Waals surface area contributed by atoms with Crippen LogP contribution in [0.25, 0.3) is 0 Å². The average molecular weight is 328 g/mol. The Labute approximate surface area is 138 Å². The molecule has 0 amide bonds. The number of carbonyl (C=O) groups excluding carboxylic acids is 2. The number of hydrogen-bond acceptors (Lipinski definition) is 6. The minimum absolute atomic E-state index is 0.141. The van der Waals surface area contributed by atoms with Gasteiger partial charge in [-0.3, -0.25) is 19.7 Å². The highest BCUT2D eigenvalue weighted by atomic mass is 16.6. The van der Waals surface area contributed by atoms with Crippen LogP contribution >= 0.6 is 0 Å². The van der Waals surface area contributed by atoms with E-state index in [-0.39, 0.29) is 12.1 Å². The fourth-order valence-corrected chi connectivity index (χ4v) is 2.43. The van der Waals surface area contributed by atoms with E-state index in [1.165, 1.54) is 18.2 Å². The number of nitrogens with zero attached hydrogens (tertiary/aromatic N) is 1. The molecule has 0 saturated heterocycles. The summed E-state index contributed by atoms with van der Waals surface area (Å²) in [7, 11) is 0. The third-order valence-electron chi connectivity index (χ3n) is 3.54. The number of nitro benzene ring substituents is 1. The summed E-state index contributed by atoms with van der Waals surface area (Å²) in [6, 6.07) is 14.4.